The van der Waals surface area contributed by atoms with Crippen molar-refractivity contribution >= 4 is 32.8 Å². The van der Waals surface area contributed by atoms with E-state index in [2.05, 4.69) is 56.6 Å². The van der Waals surface area contributed by atoms with Gasteiger partial charge in [-0.15, -0.1) is 0 Å². The zero-order valence-electron chi connectivity index (χ0n) is 23.4. The average Bonchev–Trinajstić information content (AvgIpc) is 3.17. The van der Waals surface area contributed by atoms with Crippen molar-refractivity contribution in [2.75, 3.05) is 0 Å². The topological polar surface area (TPSA) is 17.1 Å². The summed E-state index contributed by atoms with van der Waals surface area (Å²) in [6, 6.07) is 0. The molecule has 0 heterocycles. The summed E-state index contributed by atoms with van der Waals surface area (Å²) in [5, 5.41) is 0.831. The van der Waals surface area contributed by atoms with Crippen molar-refractivity contribution in [2.24, 2.45) is 40.4 Å². The average molecular weight is 566 g/mol. The number of carbonyl (C=O) groups excluding carboxylic acids is 1. The molecule has 3 heteroatoms. The third-order valence-electron chi connectivity index (χ3n) is 11.3. The quantitative estimate of drug-likeness (QED) is 0.149. The Hall–Kier alpha value is 0.240. The van der Waals surface area contributed by atoms with Crippen molar-refractivity contribution in [1.82, 2.24) is 0 Å². The fraction of sp³-hybridized carbons (Fsp3) is 0.906. The lowest BCUT2D eigenvalue weighted by atomic mass is 9.47. The van der Waals surface area contributed by atoms with Crippen LogP contribution in [0.15, 0.2) is 11.6 Å². The molecule has 0 spiro atoms. The largest absolute Gasteiger partial charge is 0.286 e. The number of hydrogen-bond acceptors (Lipinski definition) is 2. The summed E-state index contributed by atoms with van der Waals surface area (Å²) in [5.74, 6) is 4.10. The second-order valence-electron chi connectivity index (χ2n) is 13.6. The molecule has 0 N–H and O–H groups in total. The van der Waals surface area contributed by atoms with Gasteiger partial charge >= 0.3 is 0 Å². The van der Waals surface area contributed by atoms with Gasteiger partial charge in [0.25, 0.3) is 0 Å². The first-order valence-electron chi connectivity index (χ1n) is 15.2. The number of allylic oxidation sites excluding steroid dienone is 2. The Morgan fingerprint density at radius 1 is 1.03 bits per heavy atom. The highest BCUT2D eigenvalue weighted by Gasteiger charge is 2.58. The molecule has 0 aromatic heterocycles. The Kier molecular flexibility index (Phi) is 9.66. The van der Waals surface area contributed by atoms with Gasteiger partial charge in [0.15, 0.2) is 0 Å². The molecule has 4 aliphatic rings. The molecule has 0 radical (unpaired) electrons. The van der Waals surface area contributed by atoms with Gasteiger partial charge in [0, 0.05) is 5.25 Å². The van der Waals surface area contributed by atoms with E-state index in [1.165, 1.54) is 89.9 Å². The van der Waals surface area contributed by atoms with Crippen LogP contribution in [0.5, 0.6) is 0 Å². The van der Waals surface area contributed by atoms with Crippen molar-refractivity contribution < 1.29 is 4.79 Å². The number of hydrogen-bond donors (Lipinski definition) is 0. The van der Waals surface area contributed by atoms with Crippen molar-refractivity contribution in [3.63, 3.8) is 0 Å². The Bertz CT molecular complexity index is 761. The zero-order chi connectivity index (χ0) is 25.2. The van der Waals surface area contributed by atoms with Crippen LogP contribution in [0.1, 0.15) is 131 Å². The molecular weight excluding hydrogens is 512 g/mol. The van der Waals surface area contributed by atoms with Crippen molar-refractivity contribution in [1.29, 1.82) is 0 Å². The van der Waals surface area contributed by atoms with E-state index in [9.17, 15) is 4.79 Å². The minimum atomic E-state index is -0.00630. The maximum Gasteiger partial charge on any atom is 0.203 e. The number of carbonyl (C=O) groups is 1. The number of alkyl halides is 1. The van der Waals surface area contributed by atoms with E-state index < -0.39 is 0 Å². The second-order valence-corrected chi connectivity index (χ2v) is 15.9. The normalized spacial score (nSPS) is 39.5. The minimum absolute atomic E-state index is 0.00630. The highest BCUT2D eigenvalue weighted by atomic mass is 79.9. The third kappa shape index (κ3) is 5.81. The van der Waals surface area contributed by atoms with Crippen LogP contribution in [0.4, 0.5) is 0 Å². The Balaban J connectivity index is 1.36. The van der Waals surface area contributed by atoms with E-state index >= 15 is 0 Å². The zero-order valence-corrected chi connectivity index (χ0v) is 25.8. The molecule has 4 aliphatic carbocycles. The monoisotopic (exact) mass is 564 g/mol. The molecule has 0 aromatic rings. The standard InChI is InChI=1S/C32H53BrOS/c1-6-7-8-9-10-11-12-23-14-16-27-26-15-13-24-21-25(35-30(34)29(33)22(2)3)17-19-32(24,5)28(26)18-20-31(23,27)4/h13,22-23,25-29H,6-12,14-21H2,1-5H3. The summed E-state index contributed by atoms with van der Waals surface area (Å²) < 4.78 is 0. The van der Waals surface area contributed by atoms with Crippen LogP contribution in [0.3, 0.4) is 0 Å². The Morgan fingerprint density at radius 3 is 2.51 bits per heavy atom. The lowest BCUT2D eigenvalue weighted by molar-refractivity contribution is -0.111. The van der Waals surface area contributed by atoms with Crippen LogP contribution >= 0.6 is 27.7 Å². The van der Waals surface area contributed by atoms with E-state index in [-0.39, 0.29) is 4.83 Å². The predicted molar refractivity (Wildman–Crippen MR) is 157 cm³/mol. The molecule has 0 bridgehead atoms. The molecule has 1 nitrogen and oxygen atoms in total. The van der Waals surface area contributed by atoms with Crippen LogP contribution in [-0.2, 0) is 4.79 Å². The molecular formula is C32H53BrOS. The Morgan fingerprint density at radius 2 is 1.77 bits per heavy atom. The van der Waals surface area contributed by atoms with Gasteiger partial charge in [-0.3, -0.25) is 4.79 Å². The van der Waals surface area contributed by atoms with Gasteiger partial charge in [-0.25, -0.2) is 0 Å². The smallest absolute Gasteiger partial charge is 0.203 e. The number of halogens is 1. The molecule has 4 rings (SSSR count). The molecule has 0 amide bonds. The van der Waals surface area contributed by atoms with Crippen molar-refractivity contribution in [2.45, 2.75) is 141 Å². The van der Waals surface area contributed by atoms with Crippen molar-refractivity contribution in [3.05, 3.63) is 11.6 Å². The van der Waals surface area contributed by atoms with Gasteiger partial charge in [0.05, 0.1) is 4.83 Å². The van der Waals surface area contributed by atoms with Crippen LogP contribution in [-0.4, -0.2) is 15.2 Å². The van der Waals surface area contributed by atoms with Gasteiger partial charge in [-0.05, 0) is 98.2 Å². The van der Waals surface area contributed by atoms with Crippen molar-refractivity contribution in [3.8, 4) is 0 Å². The predicted octanol–water partition coefficient (Wildman–Crippen LogP) is 10.4. The molecule has 0 aromatic carbocycles. The SMILES string of the molecule is CCCCCCCCC1CCC2C3CC=C4CC(SC(=O)C(Br)C(C)C)CCC4(C)C3CCC12C. The van der Waals surface area contributed by atoms with Crippen LogP contribution in [0, 0.1) is 40.4 Å². The maximum atomic E-state index is 12.7. The molecule has 200 valence electrons. The molecule has 3 saturated carbocycles. The summed E-state index contributed by atoms with van der Waals surface area (Å²) in [7, 11) is 0. The van der Waals surface area contributed by atoms with E-state index in [0.717, 1.165) is 30.1 Å². The van der Waals surface area contributed by atoms with Gasteiger partial charge in [0.1, 0.15) is 0 Å². The lowest BCUT2D eigenvalue weighted by Crippen LogP contribution is -2.50. The summed E-state index contributed by atoms with van der Waals surface area (Å²) in [4.78, 5) is 12.7. The summed E-state index contributed by atoms with van der Waals surface area (Å²) in [6.45, 7) is 11.9. The highest BCUT2D eigenvalue weighted by molar-refractivity contribution is 9.10. The molecule has 8 atom stereocenters. The fourth-order valence-corrected chi connectivity index (χ4v) is 10.5. The second kappa shape index (κ2) is 12.0. The van der Waals surface area contributed by atoms with Crippen LogP contribution < -0.4 is 0 Å². The Labute approximate surface area is 229 Å². The number of unbranched alkanes of at least 4 members (excludes halogenated alkanes) is 5. The number of thioether (sulfide) groups is 1. The van der Waals surface area contributed by atoms with Crippen LogP contribution in [0.25, 0.3) is 0 Å². The minimum Gasteiger partial charge on any atom is -0.286 e. The first kappa shape index (κ1) is 28.3. The van der Waals surface area contributed by atoms with Crippen LogP contribution in [0.2, 0.25) is 0 Å². The lowest BCUT2D eigenvalue weighted by Gasteiger charge is -2.58. The van der Waals surface area contributed by atoms with E-state index in [0.29, 0.717) is 27.1 Å². The summed E-state index contributed by atoms with van der Waals surface area (Å²) >= 11 is 5.28. The molecule has 3 fully saturated rings. The first-order chi connectivity index (χ1) is 16.7. The van der Waals surface area contributed by atoms with E-state index in [4.69, 9.17) is 0 Å². The summed E-state index contributed by atoms with van der Waals surface area (Å²) in [6.07, 6.45) is 23.7. The summed E-state index contributed by atoms with van der Waals surface area (Å²) in [5.41, 5.74) is 2.72. The van der Waals surface area contributed by atoms with Gasteiger partial charge in [-0.1, -0.05) is 112 Å². The third-order valence-corrected chi connectivity index (χ3v) is 14.3. The van der Waals surface area contributed by atoms with E-state index in [1.807, 2.05) is 0 Å². The number of fused-ring (bicyclic) bond motifs is 5. The number of rotatable bonds is 10. The highest BCUT2D eigenvalue weighted by Crippen LogP contribution is 2.67. The van der Waals surface area contributed by atoms with Gasteiger partial charge in [-0.2, -0.15) is 0 Å². The molecule has 0 aliphatic heterocycles. The molecule has 8 unspecified atom stereocenters. The molecule has 35 heavy (non-hydrogen) atoms. The molecule has 0 saturated heterocycles. The van der Waals surface area contributed by atoms with Gasteiger partial charge < -0.3 is 0 Å². The van der Waals surface area contributed by atoms with E-state index in [1.54, 1.807) is 17.3 Å². The maximum absolute atomic E-state index is 12.7. The first-order valence-corrected chi connectivity index (χ1v) is 17.0. The van der Waals surface area contributed by atoms with Gasteiger partial charge in [0.2, 0.25) is 5.12 Å². The fourth-order valence-electron chi connectivity index (χ4n) is 8.98.